The molecule has 0 unspecified atom stereocenters. The lowest BCUT2D eigenvalue weighted by Gasteiger charge is -2.30. The third-order valence-corrected chi connectivity index (χ3v) is 6.12. The van der Waals surface area contributed by atoms with Gasteiger partial charge in [-0.25, -0.2) is 4.98 Å². The number of hydrogen-bond donors (Lipinski definition) is 0. The van der Waals surface area contributed by atoms with Crippen LogP contribution in [0.3, 0.4) is 0 Å². The zero-order valence-corrected chi connectivity index (χ0v) is 16.8. The number of benzene rings is 1. The first-order valence-corrected chi connectivity index (χ1v) is 10.6. The van der Waals surface area contributed by atoms with Gasteiger partial charge in [-0.1, -0.05) is 30.3 Å². The highest BCUT2D eigenvalue weighted by molar-refractivity contribution is 7.09. The van der Waals surface area contributed by atoms with Gasteiger partial charge in [0.25, 0.3) is 5.91 Å². The van der Waals surface area contributed by atoms with Gasteiger partial charge in [0.05, 0.1) is 10.7 Å². The monoisotopic (exact) mass is 404 g/mol. The molecule has 1 aromatic carbocycles. The molecule has 0 atom stereocenters. The van der Waals surface area contributed by atoms with E-state index in [-0.39, 0.29) is 11.8 Å². The van der Waals surface area contributed by atoms with Crippen LogP contribution >= 0.6 is 11.3 Å². The van der Waals surface area contributed by atoms with Crippen LogP contribution in [0.2, 0.25) is 0 Å². The summed E-state index contributed by atoms with van der Waals surface area (Å²) >= 11 is 1.51. The van der Waals surface area contributed by atoms with E-state index >= 15 is 0 Å². The highest BCUT2D eigenvalue weighted by Crippen LogP contribution is 2.28. The third-order valence-electron chi connectivity index (χ3n) is 5.34. The molecule has 0 saturated carbocycles. The average Bonchev–Trinajstić information content (AvgIpc) is 3.40. The van der Waals surface area contributed by atoms with Crippen LogP contribution in [0.15, 0.2) is 47.8 Å². The Morgan fingerprint density at radius 1 is 1.07 bits per heavy atom. The number of nitrogens with zero attached hydrogens (tertiary/aromatic N) is 6. The number of rotatable bonds is 3. The lowest BCUT2D eigenvalue weighted by molar-refractivity contribution is 0.0705. The van der Waals surface area contributed by atoms with Gasteiger partial charge in [0.15, 0.2) is 11.5 Å². The molecule has 0 aliphatic carbocycles. The van der Waals surface area contributed by atoms with Gasteiger partial charge < -0.3 is 4.90 Å². The Balaban J connectivity index is 1.36. The summed E-state index contributed by atoms with van der Waals surface area (Å²) < 4.78 is 1.86. The summed E-state index contributed by atoms with van der Waals surface area (Å²) in [6, 6.07) is 14.0. The zero-order chi connectivity index (χ0) is 19.8. The van der Waals surface area contributed by atoms with E-state index in [4.69, 9.17) is 5.10 Å². The van der Waals surface area contributed by atoms with Gasteiger partial charge in [0, 0.05) is 30.0 Å². The first-order chi connectivity index (χ1) is 14.2. The molecule has 29 heavy (non-hydrogen) atoms. The molecular weight excluding hydrogens is 384 g/mol. The Kier molecular flexibility index (Phi) is 4.55. The molecule has 4 aromatic rings. The standard InChI is InChI=1S/C21H20N6OS/c1-14-22-18(13-29-14)21(28)26-11-9-16(10-12-26)20-24-23-19-8-7-17(25-27(19)20)15-5-3-2-4-6-15/h2-8,13,16H,9-12H2,1H3. The van der Waals surface area contributed by atoms with Crippen LogP contribution in [0.25, 0.3) is 16.9 Å². The maximum atomic E-state index is 12.6. The van der Waals surface area contributed by atoms with Crippen LogP contribution in [0.5, 0.6) is 0 Å². The maximum Gasteiger partial charge on any atom is 0.273 e. The van der Waals surface area contributed by atoms with Gasteiger partial charge in [0.2, 0.25) is 0 Å². The van der Waals surface area contributed by atoms with Gasteiger partial charge >= 0.3 is 0 Å². The molecule has 1 aliphatic heterocycles. The van der Waals surface area contributed by atoms with Gasteiger partial charge in [-0.15, -0.1) is 21.5 Å². The summed E-state index contributed by atoms with van der Waals surface area (Å²) in [5.41, 5.74) is 3.25. The SMILES string of the molecule is Cc1nc(C(=O)N2CCC(c3nnc4ccc(-c5ccccc5)nn34)CC2)cs1. The molecule has 0 spiro atoms. The molecule has 4 heterocycles. The molecule has 0 radical (unpaired) electrons. The first kappa shape index (κ1) is 17.9. The second kappa shape index (κ2) is 7.36. The predicted molar refractivity (Wildman–Crippen MR) is 111 cm³/mol. The number of fused-ring (bicyclic) bond motifs is 1. The molecule has 1 saturated heterocycles. The minimum atomic E-state index is 0.0170. The van der Waals surface area contributed by atoms with E-state index in [1.165, 1.54) is 11.3 Å². The van der Waals surface area contributed by atoms with E-state index in [1.807, 2.05) is 64.2 Å². The molecule has 5 rings (SSSR count). The second-order valence-electron chi connectivity index (χ2n) is 7.23. The second-order valence-corrected chi connectivity index (χ2v) is 8.29. The lowest BCUT2D eigenvalue weighted by Crippen LogP contribution is -2.38. The Morgan fingerprint density at radius 3 is 2.59 bits per heavy atom. The van der Waals surface area contributed by atoms with Crippen molar-refractivity contribution >= 4 is 22.9 Å². The van der Waals surface area contributed by atoms with Crippen LogP contribution in [0.1, 0.15) is 40.1 Å². The topological polar surface area (TPSA) is 76.3 Å². The quantitative estimate of drug-likeness (QED) is 0.522. The first-order valence-electron chi connectivity index (χ1n) is 9.68. The molecule has 146 valence electrons. The minimum Gasteiger partial charge on any atom is -0.337 e. The zero-order valence-electron chi connectivity index (χ0n) is 16.0. The summed E-state index contributed by atoms with van der Waals surface area (Å²) in [6.07, 6.45) is 1.68. The number of thiazole rings is 1. The lowest BCUT2D eigenvalue weighted by atomic mass is 9.96. The number of hydrogen-bond acceptors (Lipinski definition) is 6. The Hall–Kier alpha value is -3.13. The van der Waals surface area contributed by atoms with Crippen molar-refractivity contribution in [3.05, 3.63) is 64.4 Å². The summed E-state index contributed by atoms with van der Waals surface area (Å²) in [5.74, 6) is 1.11. The van der Waals surface area contributed by atoms with Crippen molar-refractivity contribution in [3.63, 3.8) is 0 Å². The van der Waals surface area contributed by atoms with Crippen LogP contribution in [-0.2, 0) is 0 Å². The van der Waals surface area contributed by atoms with E-state index < -0.39 is 0 Å². The highest BCUT2D eigenvalue weighted by atomic mass is 32.1. The summed E-state index contributed by atoms with van der Waals surface area (Å²) in [5, 5.41) is 16.3. The molecule has 1 aliphatic rings. The molecule has 7 nitrogen and oxygen atoms in total. The number of amides is 1. The number of aryl methyl sites for hydroxylation is 1. The predicted octanol–water partition coefficient (Wildman–Crippen LogP) is 3.58. The van der Waals surface area contributed by atoms with Crippen molar-refractivity contribution in [2.45, 2.75) is 25.7 Å². The van der Waals surface area contributed by atoms with Gasteiger partial charge in [-0.2, -0.15) is 9.61 Å². The van der Waals surface area contributed by atoms with Crippen LogP contribution in [0, 0.1) is 6.92 Å². The van der Waals surface area contributed by atoms with E-state index in [2.05, 4.69) is 15.2 Å². The fraction of sp³-hybridized carbons (Fsp3) is 0.286. The molecular formula is C21H20N6OS. The number of carbonyl (C=O) groups is 1. The number of aromatic nitrogens is 5. The van der Waals surface area contributed by atoms with Gasteiger partial charge in [0.1, 0.15) is 5.69 Å². The van der Waals surface area contributed by atoms with E-state index in [9.17, 15) is 4.79 Å². The fourth-order valence-corrected chi connectivity index (χ4v) is 4.37. The average molecular weight is 404 g/mol. The van der Waals surface area contributed by atoms with Crippen LogP contribution < -0.4 is 0 Å². The molecule has 0 N–H and O–H groups in total. The van der Waals surface area contributed by atoms with E-state index in [1.54, 1.807) is 0 Å². The molecule has 3 aromatic heterocycles. The van der Waals surface area contributed by atoms with Crippen molar-refractivity contribution in [3.8, 4) is 11.3 Å². The van der Waals surface area contributed by atoms with Crippen molar-refractivity contribution in [2.75, 3.05) is 13.1 Å². The Morgan fingerprint density at radius 2 is 1.86 bits per heavy atom. The van der Waals surface area contributed by atoms with E-state index in [0.717, 1.165) is 40.6 Å². The number of carbonyl (C=O) groups excluding carboxylic acids is 1. The minimum absolute atomic E-state index is 0.0170. The van der Waals surface area contributed by atoms with Crippen molar-refractivity contribution in [1.82, 2.24) is 29.7 Å². The van der Waals surface area contributed by atoms with Crippen molar-refractivity contribution in [2.24, 2.45) is 0 Å². The van der Waals surface area contributed by atoms with Crippen molar-refractivity contribution in [1.29, 1.82) is 0 Å². The normalized spacial score (nSPS) is 15.1. The smallest absolute Gasteiger partial charge is 0.273 e. The summed E-state index contributed by atoms with van der Waals surface area (Å²) in [6.45, 7) is 3.29. The van der Waals surface area contributed by atoms with Gasteiger partial charge in [-0.05, 0) is 31.9 Å². The van der Waals surface area contributed by atoms with Gasteiger partial charge in [-0.3, -0.25) is 4.79 Å². The van der Waals surface area contributed by atoms with Crippen molar-refractivity contribution < 1.29 is 4.79 Å². The molecule has 1 amide bonds. The number of piperidine rings is 1. The maximum absolute atomic E-state index is 12.6. The third kappa shape index (κ3) is 3.40. The fourth-order valence-electron chi connectivity index (χ4n) is 3.79. The summed E-state index contributed by atoms with van der Waals surface area (Å²) in [4.78, 5) is 18.9. The Bertz CT molecular complexity index is 1160. The molecule has 0 bridgehead atoms. The Labute approximate surface area is 172 Å². The van der Waals surface area contributed by atoms with E-state index in [0.29, 0.717) is 18.8 Å². The largest absolute Gasteiger partial charge is 0.337 e. The van der Waals surface area contributed by atoms with Crippen LogP contribution in [0.4, 0.5) is 0 Å². The molecule has 8 heteroatoms. The van der Waals surface area contributed by atoms with Crippen LogP contribution in [-0.4, -0.2) is 48.7 Å². The molecule has 1 fully saturated rings. The number of likely N-dealkylation sites (tertiary alicyclic amines) is 1. The summed E-state index contributed by atoms with van der Waals surface area (Å²) in [7, 11) is 0. The highest BCUT2D eigenvalue weighted by Gasteiger charge is 2.28.